The molecule has 0 spiro atoms. The predicted molar refractivity (Wildman–Crippen MR) is 55.2 cm³/mol. The maximum Gasteiger partial charge on any atom is 0.322 e. The monoisotopic (exact) mass is 222 g/mol. The molecule has 1 aromatic carbocycles. The third kappa shape index (κ3) is 1.76. The van der Waals surface area contributed by atoms with Crippen molar-refractivity contribution in [1.82, 2.24) is 10.6 Å². The van der Waals surface area contributed by atoms with Gasteiger partial charge in [0, 0.05) is 6.42 Å². The Morgan fingerprint density at radius 1 is 1.31 bits per heavy atom. The van der Waals surface area contributed by atoms with Crippen LogP contribution in [0.2, 0.25) is 0 Å². The number of carbonyl (C=O) groups is 2. The zero-order chi connectivity index (χ0) is 11.8. The maximum absolute atomic E-state index is 13.4. The summed E-state index contributed by atoms with van der Waals surface area (Å²) in [5, 5.41) is 4.63. The van der Waals surface area contributed by atoms with Gasteiger partial charge in [-0.1, -0.05) is 18.2 Å². The lowest BCUT2D eigenvalue weighted by molar-refractivity contribution is -0.123. The normalized spacial score (nSPS) is 24.1. The van der Waals surface area contributed by atoms with Crippen LogP contribution in [0, 0.1) is 5.82 Å². The van der Waals surface area contributed by atoms with E-state index in [2.05, 4.69) is 10.6 Å². The van der Waals surface area contributed by atoms with Crippen LogP contribution in [0.3, 0.4) is 0 Å². The van der Waals surface area contributed by atoms with Crippen LogP contribution >= 0.6 is 0 Å². The zero-order valence-electron chi connectivity index (χ0n) is 8.71. The molecule has 0 aromatic heterocycles. The van der Waals surface area contributed by atoms with Gasteiger partial charge in [-0.3, -0.25) is 10.1 Å². The molecular formula is C11H11FN2O2. The van der Waals surface area contributed by atoms with E-state index in [-0.39, 0.29) is 12.2 Å². The molecule has 16 heavy (non-hydrogen) atoms. The van der Waals surface area contributed by atoms with Gasteiger partial charge in [0.05, 0.1) is 0 Å². The molecule has 0 radical (unpaired) electrons. The lowest BCUT2D eigenvalue weighted by Gasteiger charge is -2.20. The third-order valence-electron chi connectivity index (χ3n) is 2.62. The fourth-order valence-corrected chi connectivity index (χ4v) is 1.73. The molecular weight excluding hydrogens is 211 g/mol. The largest absolute Gasteiger partial charge is 0.323 e. The van der Waals surface area contributed by atoms with E-state index < -0.39 is 17.5 Å². The van der Waals surface area contributed by atoms with E-state index in [9.17, 15) is 14.0 Å². The summed E-state index contributed by atoms with van der Waals surface area (Å²) in [6, 6.07) is 5.65. The second kappa shape index (κ2) is 3.59. The van der Waals surface area contributed by atoms with Crippen LogP contribution in [0.15, 0.2) is 24.3 Å². The average Bonchev–Trinajstić information content (AvgIpc) is 2.45. The fraction of sp³-hybridized carbons (Fsp3) is 0.273. The Kier molecular flexibility index (Phi) is 2.38. The molecule has 4 nitrogen and oxygen atoms in total. The number of hydrogen-bond donors (Lipinski definition) is 2. The first-order valence-corrected chi connectivity index (χ1v) is 4.88. The molecule has 1 aliphatic rings. The summed E-state index contributed by atoms with van der Waals surface area (Å²) >= 11 is 0. The Labute approximate surface area is 91.8 Å². The lowest BCUT2D eigenvalue weighted by atomic mass is 9.93. The Balaban J connectivity index is 2.25. The molecule has 1 unspecified atom stereocenters. The maximum atomic E-state index is 13.4. The van der Waals surface area contributed by atoms with Crippen LogP contribution in [0.25, 0.3) is 0 Å². The number of urea groups is 1. The van der Waals surface area contributed by atoms with Gasteiger partial charge in [0.1, 0.15) is 11.4 Å². The van der Waals surface area contributed by atoms with E-state index in [1.165, 1.54) is 6.07 Å². The van der Waals surface area contributed by atoms with Gasteiger partial charge in [0.25, 0.3) is 5.91 Å². The van der Waals surface area contributed by atoms with Gasteiger partial charge in [-0.25, -0.2) is 9.18 Å². The molecule has 1 aliphatic heterocycles. The number of rotatable bonds is 2. The quantitative estimate of drug-likeness (QED) is 0.732. The molecule has 2 rings (SSSR count). The minimum atomic E-state index is -1.07. The standard InChI is InChI=1S/C11H11FN2O2/c1-11(9(15)13-10(16)14-11)6-7-4-2-3-5-8(7)12/h2-5H,6H2,1H3,(H2,13,14,15,16). The molecule has 1 atom stereocenters. The van der Waals surface area contributed by atoms with Crippen molar-refractivity contribution in [1.29, 1.82) is 0 Å². The van der Waals surface area contributed by atoms with Crippen LogP contribution in [0.1, 0.15) is 12.5 Å². The van der Waals surface area contributed by atoms with Crippen LogP contribution in [-0.2, 0) is 11.2 Å². The summed E-state index contributed by atoms with van der Waals surface area (Å²) in [4.78, 5) is 22.5. The van der Waals surface area contributed by atoms with Crippen molar-refractivity contribution in [2.75, 3.05) is 0 Å². The van der Waals surface area contributed by atoms with E-state index in [0.29, 0.717) is 5.56 Å². The highest BCUT2D eigenvalue weighted by Crippen LogP contribution is 2.18. The number of carbonyl (C=O) groups excluding carboxylic acids is 2. The number of imide groups is 1. The van der Waals surface area contributed by atoms with Gasteiger partial charge < -0.3 is 5.32 Å². The van der Waals surface area contributed by atoms with Crippen molar-refractivity contribution < 1.29 is 14.0 Å². The summed E-state index contributed by atoms with van der Waals surface area (Å²) in [6.07, 6.45) is 0.136. The molecule has 2 N–H and O–H groups in total. The van der Waals surface area contributed by atoms with E-state index in [1.54, 1.807) is 25.1 Å². The molecule has 1 aromatic rings. The minimum Gasteiger partial charge on any atom is -0.323 e. The van der Waals surface area contributed by atoms with Gasteiger partial charge in [0.15, 0.2) is 0 Å². The van der Waals surface area contributed by atoms with E-state index in [4.69, 9.17) is 0 Å². The third-order valence-corrected chi connectivity index (χ3v) is 2.62. The number of benzene rings is 1. The van der Waals surface area contributed by atoms with Crippen LogP contribution in [-0.4, -0.2) is 17.5 Å². The van der Waals surface area contributed by atoms with Crippen LogP contribution in [0.5, 0.6) is 0 Å². The van der Waals surface area contributed by atoms with Gasteiger partial charge in [0.2, 0.25) is 0 Å². The molecule has 1 fully saturated rings. The van der Waals surface area contributed by atoms with Crippen molar-refractivity contribution in [2.45, 2.75) is 18.9 Å². The van der Waals surface area contributed by atoms with Crippen LogP contribution < -0.4 is 10.6 Å². The molecule has 84 valence electrons. The number of hydrogen-bond acceptors (Lipinski definition) is 2. The number of halogens is 1. The molecule has 5 heteroatoms. The Morgan fingerprint density at radius 3 is 2.56 bits per heavy atom. The zero-order valence-corrected chi connectivity index (χ0v) is 8.71. The van der Waals surface area contributed by atoms with Crippen molar-refractivity contribution >= 4 is 11.9 Å². The van der Waals surface area contributed by atoms with E-state index >= 15 is 0 Å². The molecule has 0 saturated carbocycles. The highest BCUT2D eigenvalue weighted by Gasteiger charge is 2.42. The van der Waals surface area contributed by atoms with E-state index in [0.717, 1.165) is 0 Å². The van der Waals surface area contributed by atoms with E-state index in [1.807, 2.05) is 0 Å². The Bertz CT molecular complexity index is 461. The van der Waals surface area contributed by atoms with Crippen molar-refractivity contribution in [3.05, 3.63) is 35.6 Å². The Morgan fingerprint density at radius 2 is 2.00 bits per heavy atom. The predicted octanol–water partition coefficient (Wildman–Crippen LogP) is 0.966. The van der Waals surface area contributed by atoms with Crippen LogP contribution in [0.4, 0.5) is 9.18 Å². The fourth-order valence-electron chi connectivity index (χ4n) is 1.73. The first-order valence-electron chi connectivity index (χ1n) is 4.88. The number of amides is 3. The number of nitrogens with one attached hydrogen (secondary N) is 2. The molecule has 1 saturated heterocycles. The first-order chi connectivity index (χ1) is 7.51. The summed E-state index contributed by atoms with van der Waals surface area (Å²) in [5.41, 5.74) is -0.665. The second-order valence-electron chi connectivity index (χ2n) is 4.01. The van der Waals surface area contributed by atoms with Gasteiger partial charge in [-0.2, -0.15) is 0 Å². The molecule has 3 amide bonds. The van der Waals surface area contributed by atoms with Crippen molar-refractivity contribution in [3.8, 4) is 0 Å². The highest BCUT2D eigenvalue weighted by molar-refractivity contribution is 6.06. The SMILES string of the molecule is CC1(Cc2ccccc2F)NC(=O)NC1=O. The molecule has 1 heterocycles. The van der Waals surface area contributed by atoms with Gasteiger partial charge in [-0.15, -0.1) is 0 Å². The topological polar surface area (TPSA) is 58.2 Å². The highest BCUT2D eigenvalue weighted by atomic mass is 19.1. The smallest absolute Gasteiger partial charge is 0.322 e. The van der Waals surface area contributed by atoms with Gasteiger partial charge >= 0.3 is 6.03 Å². The summed E-state index contributed by atoms with van der Waals surface area (Å²) in [5.74, 6) is -0.807. The minimum absolute atomic E-state index is 0.136. The van der Waals surface area contributed by atoms with Crippen molar-refractivity contribution in [3.63, 3.8) is 0 Å². The van der Waals surface area contributed by atoms with Gasteiger partial charge in [-0.05, 0) is 18.6 Å². The summed E-state index contributed by atoms with van der Waals surface area (Å²) < 4.78 is 13.4. The van der Waals surface area contributed by atoms with Crippen molar-refractivity contribution in [2.24, 2.45) is 0 Å². The second-order valence-corrected chi connectivity index (χ2v) is 4.01. The first kappa shape index (κ1) is 10.6. The summed E-state index contributed by atoms with van der Waals surface area (Å²) in [7, 11) is 0. The molecule has 0 bridgehead atoms. The molecule has 0 aliphatic carbocycles. The average molecular weight is 222 g/mol. The summed E-state index contributed by atoms with van der Waals surface area (Å²) in [6.45, 7) is 1.57. The Hall–Kier alpha value is -1.91. The lowest BCUT2D eigenvalue weighted by Crippen LogP contribution is -2.45.